The zero-order valence-corrected chi connectivity index (χ0v) is 12.2. The van der Waals surface area contributed by atoms with Gasteiger partial charge in [-0.25, -0.2) is 0 Å². The minimum Gasteiger partial charge on any atom is -0.380 e. The summed E-state index contributed by atoms with van der Waals surface area (Å²) >= 11 is 5.18. The third kappa shape index (κ3) is 7.10. The normalized spacial score (nSPS) is 18.3. The van der Waals surface area contributed by atoms with E-state index in [1.807, 2.05) is 6.92 Å². The fourth-order valence-electron chi connectivity index (χ4n) is 1.71. The predicted octanol–water partition coefficient (Wildman–Crippen LogP) is 0.208. The summed E-state index contributed by atoms with van der Waals surface area (Å²) in [7, 11) is 1.70. The summed E-state index contributed by atoms with van der Waals surface area (Å²) in [5, 5.41) is 7.05. The van der Waals surface area contributed by atoms with Crippen LogP contribution in [0.25, 0.3) is 0 Å². The second kappa shape index (κ2) is 9.49. The molecule has 1 saturated heterocycles. The Morgan fingerprint density at radius 2 is 2.11 bits per heavy atom. The zero-order valence-electron chi connectivity index (χ0n) is 11.4. The Balaban J connectivity index is 1.94. The number of morpholine rings is 1. The molecule has 2 N–H and O–H groups in total. The Morgan fingerprint density at radius 3 is 2.78 bits per heavy atom. The van der Waals surface area contributed by atoms with E-state index in [1.54, 1.807) is 7.11 Å². The number of hydrogen-bond donors (Lipinski definition) is 2. The summed E-state index contributed by atoms with van der Waals surface area (Å²) < 4.78 is 10.4. The van der Waals surface area contributed by atoms with Crippen molar-refractivity contribution in [3.63, 3.8) is 0 Å². The monoisotopic (exact) mass is 275 g/mol. The van der Waals surface area contributed by atoms with Gasteiger partial charge >= 0.3 is 0 Å². The van der Waals surface area contributed by atoms with Crippen molar-refractivity contribution in [2.75, 3.05) is 53.0 Å². The predicted molar refractivity (Wildman–Crippen MR) is 77.0 cm³/mol. The van der Waals surface area contributed by atoms with Crippen LogP contribution in [0.1, 0.15) is 13.3 Å². The Kier molecular flexibility index (Phi) is 8.24. The molecule has 1 aliphatic rings. The van der Waals surface area contributed by atoms with Gasteiger partial charge in [-0.15, -0.1) is 0 Å². The van der Waals surface area contributed by atoms with E-state index >= 15 is 0 Å². The fourth-order valence-corrected chi connectivity index (χ4v) is 1.90. The molecule has 0 aromatic heterocycles. The van der Waals surface area contributed by atoms with E-state index in [0.29, 0.717) is 5.11 Å². The molecule has 6 heteroatoms. The van der Waals surface area contributed by atoms with Gasteiger partial charge in [-0.05, 0) is 32.1 Å². The maximum Gasteiger partial charge on any atom is 0.166 e. The maximum atomic E-state index is 5.31. The van der Waals surface area contributed by atoms with Crippen molar-refractivity contribution in [3.05, 3.63) is 0 Å². The Labute approximate surface area is 115 Å². The van der Waals surface area contributed by atoms with Crippen molar-refractivity contribution >= 4 is 17.3 Å². The van der Waals surface area contributed by atoms with Crippen molar-refractivity contribution in [1.29, 1.82) is 0 Å². The van der Waals surface area contributed by atoms with Crippen LogP contribution >= 0.6 is 12.2 Å². The van der Waals surface area contributed by atoms with Gasteiger partial charge < -0.3 is 20.1 Å². The first-order chi connectivity index (χ1) is 8.72. The SMILES string of the molecule is COC(C)CNC(=S)NCCCN1CCOCC1. The molecule has 1 fully saturated rings. The van der Waals surface area contributed by atoms with E-state index in [4.69, 9.17) is 21.7 Å². The van der Waals surface area contributed by atoms with E-state index < -0.39 is 0 Å². The highest BCUT2D eigenvalue weighted by Crippen LogP contribution is 1.97. The quantitative estimate of drug-likeness (QED) is 0.511. The number of nitrogens with one attached hydrogen (secondary N) is 2. The fraction of sp³-hybridized carbons (Fsp3) is 0.917. The minimum absolute atomic E-state index is 0.179. The largest absolute Gasteiger partial charge is 0.380 e. The third-order valence-electron chi connectivity index (χ3n) is 2.99. The molecule has 5 nitrogen and oxygen atoms in total. The number of methoxy groups -OCH3 is 1. The first kappa shape index (κ1) is 15.6. The van der Waals surface area contributed by atoms with E-state index in [1.165, 1.54) is 0 Å². The van der Waals surface area contributed by atoms with Crippen LogP contribution in [0.5, 0.6) is 0 Å². The van der Waals surface area contributed by atoms with Crippen LogP contribution in [0, 0.1) is 0 Å². The molecule has 0 aromatic rings. The molecule has 1 heterocycles. The van der Waals surface area contributed by atoms with Crippen molar-refractivity contribution in [3.8, 4) is 0 Å². The van der Waals surface area contributed by atoms with Gasteiger partial charge in [-0.3, -0.25) is 4.90 Å². The molecule has 1 unspecified atom stereocenters. The molecule has 1 aliphatic heterocycles. The van der Waals surface area contributed by atoms with Crippen LogP contribution in [0.15, 0.2) is 0 Å². The second-order valence-corrected chi connectivity index (χ2v) is 4.90. The highest BCUT2D eigenvalue weighted by Gasteiger charge is 2.09. The lowest BCUT2D eigenvalue weighted by molar-refractivity contribution is 0.0376. The molecule has 0 aromatic carbocycles. The summed E-state index contributed by atoms with van der Waals surface area (Å²) in [6.45, 7) is 8.59. The highest BCUT2D eigenvalue weighted by molar-refractivity contribution is 7.80. The third-order valence-corrected chi connectivity index (χ3v) is 3.28. The van der Waals surface area contributed by atoms with Gasteiger partial charge in [0.2, 0.25) is 0 Å². The van der Waals surface area contributed by atoms with Gasteiger partial charge in [0.25, 0.3) is 0 Å². The molecule has 106 valence electrons. The molecular formula is C12H25N3O2S. The van der Waals surface area contributed by atoms with Crippen LogP contribution in [-0.4, -0.2) is 69.2 Å². The van der Waals surface area contributed by atoms with Crippen molar-refractivity contribution in [1.82, 2.24) is 15.5 Å². The summed E-state index contributed by atoms with van der Waals surface area (Å²) in [5.41, 5.74) is 0. The molecule has 0 radical (unpaired) electrons. The first-order valence-corrected chi connectivity index (χ1v) is 6.98. The molecule has 18 heavy (non-hydrogen) atoms. The zero-order chi connectivity index (χ0) is 13.2. The topological polar surface area (TPSA) is 45.8 Å². The van der Waals surface area contributed by atoms with Crippen LogP contribution in [0.4, 0.5) is 0 Å². The van der Waals surface area contributed by atoms with Gasteiger partial charge in [-0.2, -0.15) is 0 Å². The minimum atomic E-state index is 0.179. The molecular weight excluding hydrogens is 250 g/mol. The van der Waals surface area contributed by atoms with Crippen molar-refractivity contribution in [2.45, 2.75) is 19.4 Å². The Morgan fingerprint density at radius 1 is 1.39 bits per heavy atom. The van der Waals surface area contributed by atoms with Crippen molar-refractivity contribution in [2.24, 2.45) is 0 Å². The molecule has 0 bridgehead atoms. The summed E-state index contributed by atoms with van der Waals surface area (Å²) in [4.78, 5) is 2.43. The number of thiocarbonyl (C=S) groups is 1. The average molecular weight is 275 g/mol. The molecule has 0 saturated carbocycles. The molecule has 1 rings (SSSR count). The lowest BCUT2D eigenvalue weighted by atomic mass is 10.3. The Hall–Kier alpha value is -0.430. The van der Waals surface area contributed by atoms with Crippen molar-refractivity contribution < 1.29 is 9.47 Å². The van der Waals surface area contributed by atoms with Gasteiger partial charge in [0.15, 0.2) is 5.11 Å². The van der Waals surface area contributed by atoms with E-state index in [9.17, 15) is 0 Å². The molecule has 0 amide bonds. The summed E-state index contributed by atoms with van der Waals surface area (Å²) in [6, 6.07) is 0. The second-order valence-electron chi connectivity index (χ2n) is 4.49. The van der Waals surface area contributed by atoms with Gasteiger partial charge in [0.05, 0.1) is 19.3 Å². The molecule has 1 atom stereocenters. The maximum absolute atomic E-state index is 5.31. The van der Waals surface area contributed by atoms with E-state index in [0.717, 1.165) is 52.4 Å². The first-order valence-electron chi connectivity index (χ1n) is 6.57. The van der Waals surface area contributed by atoms with Crippen LogP contribution < -0.4 is 10.6 Å². The highest BCUT2D eigenvalue weighted by atomic mass is 32.1. The van der Waals surface area contributed by atoms with E-state index in [-0.39, 0.29) is 6.10 Å². The average Bonchev–Trinajstić information content (AvgIpc) is 2.42. The Bertz CT molecular complexity index is 235. The van der Waals surface area contributed by atoms with Gasteiger partial charge in [0.1, 0.15) is 0 Å². The lowest BCUT2D eigenvalue weighted by Gasteiger charge is -2.26. The number of hydrogen-bond acceptors (Lipinski definition) is 4. The number of rotatable bonds is 7. The smallest absolute Gasteiger partial charge is 0.166 e. The van der Waals surface area contributed by atoms with Crippen LogP contribution in [0.3, 0.4) is 0 Å². The lowest BCUT2D eigenvalue weighted by Crippen LogP contribution is -2.41. The molecule has 0 aliphatic carbocycles. The van der Waals surface area contributed by atoms with E-state index in [2.05, 4.69) is 15.5 Å². The molecule has 0 spiro atoms. The standard InChI is InChI=1S/C12H25N3O2S/c1-11(16-2)10-14-12(18)13-4-3-5-15-6-8-17-9-7-15/h11H,3-10H2,1-2H3,(H2,13,14,18). The van der Waals surface area contributed by atoms with Gasteiger partial charge in [-0.1, -0.05) is 0 Å². The number of nitrogens with zero attached hydrogens (tertiary/aromatic N) is 1. The summed E-state index contributed by atoms with van der Waals surface area (Å²) in [6.07, 6.45) is 1.28. The summed E-state index contributed by atoms with van der Waals surface area (Å²) in [5.74, 6) is 0. The number of ether oxygens (including phenoxy) is 2. The van der Waals surface area contributed by atoms with Crippen LogP contribution in [-0.2, 0) is 9.47 Å². The van der Waals surface area contributed by atoms with Gasteiger partial charge in [0, 0.05) is 33.3 Å². The van der Waals surface area contributed by atoms with Crippen LogP contribution in [0.2, 0.25) is 0 Å².